The average molecular weight is 422 g/mol. The molecule has 0 aliphatic carbocycles. The van der Waals surface area contributed by atoms with Crippen molar-refractivity contribution in [3.05, 3.63) is 47.3 Å². The summed E-state index contributed by atoms with van der Waals surface area (Å²) in [6.07, 6.45) is 0. The van der Waals surface area contributed by atoms with Crippen molar-refractivity contribution in [3.63, 3.8) is 0 Å². The smallest absolute Gasteiger partial charge is 0.250 e. The molecule has 1 aromatic heterocycles. The number of anilines is 1. The number of amides is 1. The number of sulfonamides is 1. The SMILES string of the molecule is Cc1ccccc1N1CCN(C(=O)[C@@H](NS(=O)(=O)c2cccs2)C(C)C)CC1. The molecule has 1 saturated heterocycles. The zero-order chi connectivity index (χ0) is 20.3. The van der Waals surface area contributed by atoms with Crippen molar-refractivity contribution >= 4 is 33.0 Å². The Kier molecular flexibility index (Phi) is 6.42. The number of carbonyl (C=O) groups excluding carboxylic acids is 1. The molecule has 1 amide bonds. The molecule has 2 heterocycles. The molecular formula is C20H27N3O3S2. The van der Waals surface area contributed by atoms with Crippen LogP contribution in [0.2, 0.25) is 0 Å². The summed E-state index contributed by atoms with van der Waals surface area (Å²) in [6, 6.07) is 10.7. The Balaban J connectivity index is 1.67. The number of benzene rings is 1. The van der Waals surface area contributed by atoms with Crippen LogP contribution in [0, 0.1) is 12.8 Å². The predicted octanol–water partition coefficient (Wildman–Crippen LogP) is 2.71. The van der Waals surface area contributed by atoms with Crippen molar-refractivity contribution in [3.8, 4) is 0 Å². The third-order valence-corrected chi connectivity index (χ3v) is 7.86. The second kappa shape index (κ2) is 8.63. The lowest BCUT2D eigenvalue weighted by Crippen LogP contribution is -2.56. The first-order chi connectivity index (χ1) is 13.3. The third kappa shape index (κ3) is 4.56. The van der Waals surface area contributed by atoms with E-state index in [9.17, 15) is 13.2 Å². The standard InChI is InChI=1S/C20H27N3O3S2/c1-15(2)19(21-28(25,26)18-9-6-14-27-18)20(24)23-12-10-22(11-13-23)17-8-5-4-7-16(17)3/h4-9,14-15,19,21H,10-13H2,1-3H3/t19-/m0/s1. The van der Waals surface area contributed by atoms with Crippen molar-refractivity contribution < 1.29 is 13.2 Å². The minimum atomic E-state index is -3.69. The van der Waals surface area contributed by atoms with E-state index < -0.39 is 16.1 Å². The van der Waals surface area contributed by atoms with E-state index >= 15 is 0 Å². The Morgan fingerprint density at radius 3 is 2.32 bits per heavy atom. The Labute approximate surface area is 171 Å². The van der Waals surface area contributed by atoms with E-state index in [2.05, 4.69) is 28.7 Å². The lowest BCUT2D eigenvalue weighted by atomic mass is 10.0. The van der Waals surface area contributed by atoms with Crippen LogP contribution in [0.3, 0.4) is 0 Å². The molecule has 1 fully saturated rings. The van der Waals surface area contributed by atoms with Gasteiger partial charge in [-0.1, -0.05) is 38.1 Å². The summed E-state index contributed by atoms with van der Waals surface area (Å²) in [7, 11) is -3.69. The zero-order valence-corrected chi connectivity index (χ0v) is 18.1. The molecule has 0 spiro atoms. The number of thiophene rings is 1. The highest BCUT2D eigenvalue weighted by molar-refractivity contribution is 7.91. The maximum atomic E-state index is 13.1. The summed E-state index contributed by atoms with van der Waals surface area (Å²) in [6.45, 7) is 8.44. The minimum absolute atomic E-state index is 0.142. The molecule has 8 heteroatoms. The molecule has 0 unspecified atom stereocenters. The highest BCUT2D eigenvalue weighted by Crippen LogP contribution is 2.22. The van der Waals surface area contributed by atoms with Crippen molar-refractivity contribution in [2.45, 2.75) is 31.0 Å². The number of nitrogens with zero attached hydrogens (tertiary/aromatic N) is 2. The number of aryl methyl sites for hydroxylation is 1. The number of piperazine rings is 1. The molecule has 152 valence electrons. The van der Waals surface area contributed by atoms with Gasteiger partial charge in [0, 0.05) is 31.9 Å². The molecule has 1 aliphatic heterocycles. The normalized spacial score (nSPS) is 16.4. The fourth-order valence-electron chi connectivity index (χ4n) is 3.40. The topological polar surface area (TPSA) is 69.7 Å². The van der Waals surface area contributed by atoms with E-state index in [1.807, 2.05) is 26.0 Å². The van der Waals surface area contributed by atoms with E-state index in [0.717, 1.165) is 24.4 Å². The number of hydrogen-bond acceptors (Lipinski definition) is 5. The number of carbonyl (C=O) groups is 1. The van der Waals surface area contributed by atoms with Crippen molar-refractivity contribution in [1.29, 1.82) is 0 Å². The van der Waals surface area contributed by atoms with Gasteiger partial charge in [0.1, 0.15) is 10.3 Å². The van der Waals surface area contributed by atoms with Gasteiger partial charge in [-0.05, 0) is 35.9 Å². The third-order valence-electron chi connectivity index (χ3n) is 5.02. The molecule has 0 radical (unpaired) electrons. The van der Waals surface area contributed by atoms with Gasteiger partial charge in [0.2, 0.25) is 5.91 Å². The van der Waals surface area contributed by atoms with Crippen LogP contribution in [0.4, 0.5) is 5.69 Å². The Morgan fingerprint density at radius 1 is 1.07 bits per heavy atom. The lowest BCUT2D eigenvalue weighted by molar-refractivity contribution is -0.134. The summed E-state index contributed by atoms with van der Waals surface area (Å²) in [4.78, 5) is 17.1. The summed E-state index contributed by atoms with van der Waals surface area (Å²) < 4.78 is 28.0. The van der Waals surface area contributed by atoms with Gasteiger partial charge in [0.05, 0.1) is 0 Å². The van der Waals surface area contributed by atoms with Crippen LogP contribution in [0.15, 0.2) is 46.0 Å². The molecule has 1 N–H and O–H groups in total. The van der Waals surface area contributed by atoms with Gasteiger partial charge < -0.3 is 9.80 Å². The highest BCUT2D eigenvalue weighted by atomic mass is 32.2. The molecule has 2 aromatic rings. The molecule has 1 atom stereocenters. The number of hydrogen-bond donors (Lipinski definition) is 1. The molecular weight excluding hydrogens is 394 g/mol. The van der Waals surface area contributed by atoms with Crippen LogP contribution < -0.4 is 9.62 Å². The van der Waals surface area contributed by atoms with Crippen LogP contribution >= 0.6 is 11.3 Å². The van der Waals surface area contributed by atoms with E-state index in [-0.39, 0.29) is 16.0 Å². The average Bonchev–Trinajstić information content (AvgIpc) is 3.22. The first kappa shape index (κ1) is 20.8. The summed E-state index contributed by atoms with van der Waals surface area (Å²) in [5.41, 5.74) is 2.40. The van der Waals surface area contributed by atoms with E-state index in [1.54, 1.807) is 22.4 Å². The van der Waals surface area contributed by atoms with Gasteiger partial charge in [-0.3, -0.25) is 4.79 Å². The lowest BCUT2D eigenvalue weighted by Gasteiger charge is -2.38. The van der Waals surface area contributed by atoms with E-state index in [0.29, 0.717) is 13.1 Å². The van der Waals surface area contributed by atoms with Gasteiger partial charge >= 0.3 is 0 Å². The van der Waals surface area contributed by atoms with Gasteiger partial charge in [-0.2, -0.15) is 4.72 Å². The Hall–Kier alpha value is -1.90. The van der Waals surface area contributed by atoms with Gasteiger partial charge in [0.15, 0.2) is 0 Å². The fourth-order valence-corrected chi connectivity index (χ4v) is 5.74. The number of rotatable bonds is 6. The number of para-hydroxylation sites is 1. The van der Waals surface area contributed by atoms with Crippen molar-refractivity contribution in [2.75, 3.05) is 31.1 Å². The first-order valence-corrected chi connectivity index (χ1v) is 11.8. The monoisotopic (exact) mass is 421 g/mol. The summed E-state index contributed by atoms with van der Waals surface area (Å²) in [5.74, 6) is -0.295. The Morgan fingerprint density at radius 2 is 1.75 bits per heavy atom. The maximum absolute atomic E-state index is 13.1. The van der Waals surface area contributed by atoms with E-state index in [4.69, 9.17) is 0 Å². The van der Waals surface area contributed by atoms with Gasteiger partial charge in [0.25, 0.3) is 10.0 Å². The first-order valence-electron chi connectivity index (χ1n) is 9.45. The number of nitrogens with one attached hydrogen (secondary N) is 1. The molecule has 6 nitrogen and oxygen atoms in total. The molecule has 0 bridgehead atoms. The second-order valence-corrected chi connectivity index (χ2v) is 10.3. The minimum Gasteiger partial charge on any atom is -0.368 e. The summed E-state index contributed by atoms with van der Waals surface area (Å²) in [5, 5.41) is 1.71. The molecule has 3 rings (SSSR count). The molecule has 0 saturated carbocycles. The van der Waals surface area contributed by atoms with E-state index in [1.165, 1.54) is 11.3 Å². The van der Waals surface area contributed by atoms with Crippen LogP contribution in [-0.2, 0) is 14.8 Å². The zero-order valence-electron chi connectivity index (χ0n) is 16.5. The Bertz CT molecular complexity index is 903. The maximum Gasteiger partial charge on any atom is 0.250 e. The van der Waals surface area contributed by atoms with Crippen LogP contribution in [0.1, 0.15) is 19.4 Å². The van der Waals surface area contributed by atoms with Crippen LogP contribution in [0.25, 0.3) is 0 Å². The van der Waals surface area contributed by atoms with Crippen molar-refractivity contribution in [2.24, 2.45) is 5.92 Å². The predicted molar refractivity (Wildman–Crippen MR) is 113 cm³/mol. The molecule has 28 heavy (non-hydrogen) atoms. The molecule has 1 aromatic carbocycles. The van der Waals surface area contributed by atoms with Gasteiger partial charge in [-0.25, -0.2) is 8.42 Å². The van der Waals surface area contributed by atoms with Crippen LogP contribution in [0.5, 0.6) is 0 Å². The fraction of sp³-hybridized carbons (Fsp3) is 0.450. The summed E-state index contributed by atoms with van der Waals surface area (Å²) >= 11 is 1.15. The van der Waals surface area contributed by atoms with Crippen molar-refractivity contribution in [1.82, 2.24) is 9.62 Å². The highest BCUT2D eigenvalue weighted by Gasteiger charge is 2.33. The second-order valence-electron chi connectivity index (χ2n) is 7.37. The quantitative estimate of drug-likeness (QED) is 0.779. The van der Waals surface area contributed by atoms with Gasteiger partial charge in [-0.15, -0.1) is 11.3 Å². The van der Waals surface area contributed by atoms with Crippen LogP contribution in [-0.4, -0.2) is 51.4 Å². The molecule has 1 aliphatic rings. The largest absolute Gasteiger partial charge is 0.368 e.